The van der Waals surface area contributed by atoms with Gasteiger partial charge in [-0.1, -0.05) is 18.5 Å². The van der Waals surface area contributed by atoms with Gasteiger partial charge in [0.2, 0.25) is 0 Å². The lowest BCUT2D eigenvalue weighted by atomic mass is 10.2. The number of halogens is 1. The van der Waals surface area contributed by atoms with Gasteiger partial charge in [0, 0.05) is 48.3 Å². The fraction of sp³-hybridized carbons (Fsp3) is 0.350. The molecule has 1 saturated carbocycles. The molecule has 0 amide bonds. The summed E-state index contributed by atoms with van der Waals surface area (Å²) in [7, 11) is 0. The fourth-order valence-corrected chi connectivity index (χ4v) is 5.44. The topological polar surface area (TPSA) is 109 Å². The van der Waals surface area contributed by atoms with Crippen molar-refractivity contribution >= 4 is 51.4 Å². The van der Waals surface area contributed by atoms with Crippen LogP contribution < -0.4 is 10.6 Å². The largest absolute Gasteiger partial charge is 0.355 e. The van der Waals surface area contributed by atoms with Crippen molar-refractivity contribution < 1.29 is 0 Å². The Balaban J connectivity index is 1.42. The Bertz CT molecular complexity index is 1280. The Morgan fingerprint density at radius 3 is 2.80 bits per heavy atom. The van der Waals surface area contributed by atoms with Crippen LogP contribution in [0.2, 0.25) is 5.02 Å². The summed E-state index contributed by atoms with van der Waals surface area (Å²) in [6, 6.07) is 2.28. The molecule has 2 fully saturated rings. The highest BCUT2D eigenvalue weighted by Gasteiger charge is 2.54. The maximum Gasteiger partial charge on any atom is 0.196 e. The number of anilines is 1. The second-order valence-electron chi connectivity index (χ2n) is 7.81. The second-order valence-corrected chi connectivity index (χ2v) is 9.23. The summed E-state index contributed by atoms with van der Waals surface area (Å²) in [6.07, 6.45) is 5.88. The summed E-state index contributed by atoms with van der Waals surface area (Å²) in [5.74, 6) is 1.99. The summed E-state index contributed by atoms with van der Waals surface area (Å²) < 4.78 is 0. The smallest absolute Gasteiger partial charge is 0.196 e. The zero-order valence-corrected chi connectivity index (χ0v) is 17.8. The molecule has 10 heteroatoms. The Morgan fingerprint density at radius 2 is 2.00 bits per heavy atom. The van der Waals surface area contributed by atoms with Gasteiger partial charge in [0.25, 0.3) is 0 Å². The summed E-state index contributed by atoms with van der Waals surface area (Å²) in [4.78, 5) is 29.2. The number of aryl methyl sites for hydroxylation is 1. The lowest BCUT2D eigenvalue weighted by Gasteiger charge is -2.21. The summed E-state index contributed by atoms with van der Waals surface area (Å²) in [5, 5.41) is 2.26. The van der Waals surface area contributed by atoms with Gasteiger partial charge in [-0.25, -0.2) is 19.9 Å². The molecular formula is C20H19ClN8S. The van der Waals surface area contributed by atoms with Crippen LogP contribution in [0.15, 0.2) is 34.7 Å². The van der Waals surface area contributed by atoms with E-state index in [-0.39, 0.29) is 0 Å². The van der Waals surface area contributed by atoms with Crippen LogP contribution in [0.4, 0.5) is 5.82 Å². The highest BCUT2D eigenvalue weighted by Crippen LogP contribution is 2.47. The number of nitrogens with two attached hydrogens (primary N) is 1. The van der Waals surface area contributed by atoms with Crippen molar-refractivity contribution in [1.29, 1.82) is 0 Å². The number of fused-ring (bicyclic) bond motifs is 3. The minimum atomic E-state index is 0.324. The summed E-state index contributed by atoms with van der Waals surface area (Å²) in [6.45, 7) is 3.90. The summed E-state index contributed by atoms with van der Waals surface area (Å²) in [5.41, 5.74) is 9.25. The van der Waals surface area contributed by atoms with E-state index in [1.807, 2.05) is 6.07 Å². The number of rotatable bonds is 4. The number of aromatic amines is 1. The molecule has 1 unspecified atom stereocenters. The van der Waals surface area contributed by atoms with Gasteiger partial charge < -0.3 is 15.6 Å². The van der Waals surface area contributed by atoms with Gasteiger partial charge in [0.15, 0.2) is 10.8 Å². The zero-order valence-electron chi connectivity index (χ0n) is 16.2. The molecule has 5 heterocycles. The number of aromatic nitrogens is 6. The molecule has 8 nitrogen and oxygen atoms in total. The third-order valence-corrected chi connectivity index (χ3v) is 7.29. The number of hydrogen-bond donors (Lipinski definition) is 2. The molecule has 3 N–H and O–H groups in total. The van der Waals surface area contributed by atoms with E-state index in [4.69, 9.17) is 27.3 Å². The van der Waals surface area contributed by atoms with E-state index in [9.17, 15) is 0 Å². The highest BCUT2D eigenvalue weighted by atomic mass is 35.5. The van der Waals surface area contributed by atoms with E-state index in [0.29, 0.717) is 33.7 Å². The second kappa shape index (κ2) is 6.76. The zero-order chi connectivity index (χ0) is 20.4. The van der Waals surface area contributed by atoms with Gasteiger partial charge >= 0.3 is 0 Å². The van der Waals surface area contributed by atoms with E-state index in [1.54, 1.807) is 18.6 Å². The van der Waals surface area contributed by atoms with E-state index in [1.165, 1.54) is 11.8 Å². The first-order chi connectivity index (χ1) is 14.6. The first-order valence-electron chi connectivity index (χ1n) is 9.95. The number of nitrogens with zero attached hydrogens (tertiary/aromatic N) is 6. The minimum Gasteiger partial charge on any atom is -0.355 e. The number of piperidine rings is 1. The van der Waals surface area contributed by atoms with Crippen LogP contribution >= 0.6 is 23.4 Å². The van der Waals surface area contributed by atoms with Crippen LogP contribution in [0.25, 0.3) is 22.2 Å². The van der Waals surface area contributed by atoms with Crippen molar-refractivity contribution in [3.05, 3.63) is 35.4 Å². The Hall–Kier alpha value is -2.49. The quantitative estimate of drug-likeness (QED) is 0.468. The molecule has 1 saturated heterocycles. The third kappa shape index (κ3) is 2.84. The molecule has 4 aromatic rings. The predicted molar refractivity (Wildman–Crippen MR) is 117 cm³/mol. The molecule has 30 heavy (non-hydrogen) atoms. The molecule has 3 atom stereocenters. The first-order valence-corrected chi connectivity index (χ1v) is 11.1. The first kappa shape index (κ1) is 18.3. The normalized spacial score (nSPS) is 22.8. The van der Waals surface area contributed by atoms with E-state index >= 15 is 0 Å². The van der Waals surface area contributed by atoms with Crippen LogP contribution in [0.3, 0.4) is 0 Å². The van der Waals surface area contributed by atoms with Crippen molar-refractivity contribution in [3.8, 4) is 0 Å². The molecule has 4 aromatic heterocycles. The van der Waals surface area contributed by atoms with Gasteiger partial charge in [-0.15, -0.1) is 0 Å². The maximum absolute atomic E-state index is 6.70. The van der Waals surface area contributed by atoms with Crippen molar-refractivity contribution in [2.24, 2.45) is 17.6 Å². The Labute approximate surface area is 181 Å². The number of pyridine rings is 1. The Morgan fingerprint density at radius 1 is 1.20 bits per heavy atom. The summed E-state index contributed by atoms with van der Waals surface area (Å²) >= 11 is 8.16. The van der Waals surface area contributed by atoms with E-state index in [0.717, 1.165) is 52.5 Å². The molecule has 1 aliphatic carbocycles. The minimum absolute atomic E-state index is 0.324. The monoisotopic (exact) mass is 438 g/mol. The number of H-pyrrole nitrogens is 1. The maximum atomic E-state index is 6.70. The van der Waals surface area contributed by atoms with Crippen LogP contribution in [-0.4, -0.2) is 49.0 Å². The number of hydrogen-bond acceptors (Lipinski definition) is 8. The average molecular weight is 439 g/mol. The molecule has 0 aromatic carbocycles. The molecular weight excluding hydrogens is 420 g/mol. The predicted octanol–water partition coefficient (Wildman–Crippen LogP) is 3.06. The van der Waals surface area contributed by atoms with Crippen molar-refractivity contribution in [1.82, 2.24) is 29.9 Å². The van der Waals surface area contributed by atoms with Crippen molar-refractivity contribution in [2.75, 3.05) is 18.0 Å². The van der Waals surface area contributed by atoms with Gasteiger partial charge in [-0.05, 0) is 36.1 Å². The standard InChI is InChI=1S/C20H19ClN8S/c1-2-12-15(21)14-18(26-12)27-20(28-19(14)29-7-10-11(8-29)16(10)22)30-9-5-13-17(25-6-9)24-4-3-23-13/h3-6,10-11,16H,2,7-8,22H2,1H3,(H,26,27,28)/t10-,11+,16?. The van der Waals surface area contributed by atoms with Gasteiger partial charge in [0.1, 0.15) is 17.0 Å². The molecule has 0 radical (unpaired) electrons. The lowest BCUT2D eigenvalue weighted by molar-refractivity contribution is 0.732. The van der Waals surface area contributed by atoms with Gasteiger partial charge in [-0.2, -0.15) is 0 Å². The number of nitrogens with one attached hydrogen (secondary N) is 1. The SMILES string of the molecule is CCc1[nH]c2nc(Sc3cnc4nccnc4c3)nc(N3C[C@@H]4C(N)[C@@H]4C3)c2c1Cl. The molecule has 0 bridgehead atoms. The molecule has 0 spiro atoms. The van der Waals surface area contributed by atoms with Gasteiger partial charge in [-0.3, -0.25) is 4.98 Å². The lowest BCUT2D eigenvalue weighted by Crippen LogP contribution is -2.29. The van der Waals surface area contributed by atoms with Crippen molar-refractivity contribution in [2.45, 2.75) is 29.4 Å². The fourth-order valence-electron chi connectivity index (χ4n) is 4.33. The average Bonchev–Trinajstić information content (AvgIpc) is 3.10. The molecule has 152 valence electrons. The van der Waals surface area contributed by atoms with E-state index < -0.39 is 0 Å². The van der Waals surface area contributed by atoms with E-state index in [2.05, 4.69) is 31.8 Å². The molecule has 6 rings (SSSR count). The van der Waals surface area contributed by atoms with Crippen molar-refractivity contribution in [3.63, 3.8) is 0 Å². The highest BCUT2D eigenvalue weighted by molar-refractivity contribution is 7.99. The van der Waals surface area contributed by atoms with Crippen LogP contribution in [0.5, 0.6) is 0 Å². The third-order valence-electron chi connectivity index (χ3n) is 6.04. The van der Waals surface area contributed by atoms with Crippen LogP contribution in [-0.2, 0) is 6.42 Å². The van der Waals surface area contributed by atoms with Crippen LogP contribution in [0.1, 0.15) is 12.6 Å². The molecule has 1 aliphatic heterocycles. The van der Waals surface area contributed by atoms with Gasteiger partial charge in [0.05, 0.1) is 10.4 Å². The van der Waals surface area contributed by atoms with Crippen LogP contribution in [0, 0.1) is 11.8 Å². The Kier molecular flexibility index (Phi) is 4.12. The molecule has 2 aliphatic rings.